The van der Waals surface area contributed by atoms with Crippen LogP contribution in [0.1, 0.15) is 19.8 Å². The third-order valence-corrected chi connectivity index (χ3v) is 1.14. The third kappa shape index (κ3) is 1.12. The second-order valence-electron chi connectivity index (χ2n) is 2.00. The minimum Gasteiger partial charge on any atom is -0.271 e. The maximum Gasteiger partial charge on any atom is 0.264 e. The van der Waals surface area contributed by atoms with E-state index in [4.69, 9.17) is 0 Å². The molecule has 0 aliphatic carbocycles. The van der Waals surface area contributed by atoms with Gasteiger partial charge in [0.25, 0.3) is 5.91 Å². The third-order valence-electron chi connectivity index (χ3n) is 1.14. The van der Waals surface area contributed by atoms with Gasteiger partial charge in [-0.1, -0.05) is 0 Å². The summed E-state index contributed by atoms with van der Waals surface area (Å²) in [5.41, 5.74) is 0. The lowest BCUT2D eigenvalue weighted by Crippen LogP contribution is -2.07. The number of hydrogen-bond acceptors (Lipinski definition) is 2. The number of rotatable bonds is 0. The number of carbonyl (C=O) groups excluding carboxylic acids is 1. The van der Waals surface area contributed by atoms with Crippen molar-refractivity contribution in [2.45, 2.75) is 25.8 Å². The second-order valence-corrected chi connectivity index (χ2v) is 2.00. The number of azo groups is 1. The smallest absolute Gasteiger partial charge is 0.264 e. The number of nitrogens with zero attached hydrogens (tertiary/aromatic N) is 2. The van der Waals surface area contributed by atoms with Crippen LogP contribution in [0.15, 0.2) is 10.2 Å². The molecule has 0 saturated carbocycles. The summed E-state index contributed by atoms with van der Waals surface area (Å²) in [6.45, 7) is 1.95. The van der Waals surface area contributed by atoms with E-state index in [1.165, 1.54) is 0 Å². The fraction of sp³-hybridized carbons (Fsp3) is 0.800. The van der Waals surface area contributed by atoms with Crippen LogP contribution in [-0.4, -0.2) is 11.9 Å². The highest BCUT2D eigenvalue weighted by molar-refractivity contribution is 5.76. The molecule has 0 spiro atoms. The zero-order valence-corrected chi connectivity index (χ0v) is 4.79. The Morgan fingerprint density at radius 2 is 2.50 bits per heavy atom. The molecule has 44 valence electrons. The van der Waals surface area contributed by atoms with Gasteiger partial charge < -0.3 is 0 Å². The molecule has 0 aromatic heterocycles. The van der Waals surface area contributed by atoms with Gasteiger partial charge in [-0.3, -0.25) is 4.79 Å². The molecule has 1 atom stereocenters. The SMILES string of the molecule is CC1CCC(=O)N=N1. The highest BCUT2D eigenvalue weighted by atomic mass is 16.1. The summed E-state index contributed by atoms with van der Waals surface area (Å²) in [5, 5.41) is 7.08. The van der Waals surface area contributed by atoms with Gasteiger partial charge in [0.1, 0.15) is 0 Å². The molecule has 0 radical (unpaired) electrons. The van der Waals surface area contributed by atoms with Crippen molar-refractivity contribution < 1.29 is 4.79 Å². The highest BCUT2D eigenvalue weighted by Gasteiger charge is 2.09. The molecular formula is C5H8N2O. The highest BCUT2D eigenvalue weighted by Crippen LogP contribution is 2.08. The summed E-state index contributed by atoms with van der Waals surface area (Å²) in [4.78, 5) is 10.3. The van der Waals surface area contributed by atoms with Crippen molar-refractivity contribution in [3.63, 3.8) is 0 Å². The predicted octanol–water partition coefficient (Wildman–Crippen LogP) is 1.15. The molecule has 0 aromatic carbocycles. The van der Waals surface area contributed by atoms with E-state index in [1.807, 2.05) is 6.92 Å². The molecular weight excluding hydrogens is 104 g/mol. The standard InChI is InChI=1S/C5H8N2O/c1-4-2-3-5(8)7-6-4/h4H,2-3H2,1H3. The fourth-order valence-corrected chi connectivity index (χ4v) is 0.603. The minimum atomic E-state index is -0.0805. The van der Waals surface area contributed by atoms with Crippen LogP contribution in [0.3, 0.4) is 0 Å². The molecule has 0 N–H and O–H groups in total. The van der Waals surface area contributed by atoms with E-state index in [0.29, 0.717) is 6.42 Å². The van der Waals surface area contributed by atoms with Gasteiger partial charge >= 0.3 is 0 Å². The number of amides is 1. The molecule has 0 saturated heterocycles. The van der Waals surface area contributed by atoms with Crippen molar-refractivity contribution in [2.75, 3.05) is 0 Å². The van der Waals surface area contributed by atoms with Crippen LogP contribution in [0.5, 0.6) is 0 Å². The maximum atomic E-state index is 10.3. The van der Waals surface area contributed by atoms with Gasteiger partial charge in [0.2, 0.25) is 0 Å². The average Bonchev–Trinajstić information content (AvgIpc) is 1.77. The first-order valence-corrected chi connectivity index (χ1v) is 2.73. The lowest BCUT2D eigenvalue weighted by molar-refractivity contribution is -0.119. The molecule has 1 amide bonds. The Morgan fingerprint density at radius 3 is 2.88 bits per heavy atom. The Bertz CT molecular complexity index is 130. The van der Waals surface area contributed by atoms with Crippen LogP contribution in [0, 0.1) is 0 Å². The van der Waals surface area contributed by atoms with Crippen LogP contribution >= 0.6 is 0 Å². The first-order valence-electron chi connectivity index (χ1n) is 2.73. The summed E-state index contributed by atoms with van der Waals surface area (Å²) >= 11 is 0. The first kappa shape index (κ1) is 5.41. The summed E-state index contributed by atoms with van der Waals surface area (Å²) in [6.07, 6.45) is 1.44. The van der Waals surface area contributed by atoms with E-state index in [-0.39, 0.29) is 11.9 Å². The molecule has 1 rings (SSSR count). The molecule has 1 unspecified atom stereocenters. The molecule has 1 aliphatic rings. The van der Waals surface area contributed by atoms with Crippen molar-refractivity contribution in [3.05, 3.63) is 0 Å². The van der Waals surface area contributed by atoms with E-state index in [0.717, 1.165) is 6.42 Å². The quantitative estimate of drug-likeness (QED) is 0.463. The molecule has 1 heterocycles. The van der Waals surface area contributed by atoms with Gasteiger partial charge in [-0.15, -0.1) is 5.11 Å². The predicted molar refractivity (Wildman–Crippen MR) is 28.6 cm³/mol. The Morgan fingerprint density at radius 1 is 1.75 bits per heavy atom. The van der Waals surface area contributed by atoms with Gasteiger partial charge in [-0.25, -0.2) is 0 Å². The van der Waals surface area contributed by atoms with E-state index < -0.39 is 0 Å². The van der Waals surface area contributed by atoms with Gasteiger partial charge in [0.05, 0.1) is 6.04 Å². The number of carbonyl (C=O) groups is 1. The lowest BCUT2D eigenvalue weighted by atomic mass is 10.2. The first-order chi connectivity index (χ1) is 3.79. The van der Waals surface area contributed by atoms with Crippen molar-refractivity contribution in [3.8, 4) is 0 Å². The maximum absolute atomic E-state index is 10.3. The second kappa shape index (κ2) is 2.03. The summed E-state index contributed by atoms with van der Waals surface area (Å²) in [7, 11) is 0. The zero-order valence-electron chi connectivity index (χ0n) is 4.79. The van der Waals surface area contributed by atoms with Crippen LogP contribution in [0.2, 0.25) is 0 Å². The molecule has 3 nitrogen and oxygen atoms in total. The van der Waals surface area contributed by atoms with Crippen molar-refractivity contribution >= 4 is 5.91 Å². The summed E-state index contributed by atoms with van der Waals surface area (Å²) < 4.78 is 0. The Hall–Kier alpha value is -0.730. The summed E-state index contributed by atoms with van der Waals surface area (Å²) in [6, 6.07) is 0.257. The van der Waals surface area contributed by atoms with Crippen LogP contribution in [0.4, 0.5) is 0 Å². The normalized spacial score (nSPS) is 28.6. The Balaban J connectivity index is 2.55. The Kier molecular flexibility index (Phi) is 1.37. The fourth-order valence-electron chi connectivity index (χ4n) is 0.603. The van der Waals surface area contributed by atoms with Crippen LogP contribution < -0.4 is 0 Å². The van der Waals surface area contributed by atoms with Crippen LogP contribution in [-0.2, 0) is 4.79 Å². The van der Waals surface area contributed by atoms with E-state index in [1.54, 1.807) is 0 Å². The van der Waals surface area contributed by atoms with Crippen molar-refractivity contribution in [1.82, 2.24) is 0 Å². The van der Waals surface area contributed by atoms with E-state index in [9.17, 15) is 4.79 Å². The monoisotopic (exact) mass is 112 g/mol. The molecule has 0 fully saturated rings. The Labute approximate surface area is 47.8 Å². The van der Waals surface area contributed by atoms with Gasteiger partial charge in [0.15, 0.2) is 0 Å². The van der Waals surface area contributed by atoms with Gasteiger partial charge in [0, 0.05) is 6.42 Å². The largest absolute Gasteiger partial charge is 0.271 e. The minimum absolute atomic E-state index is 0.0805. The van der Waals surface area contributed by atoms with Gasteiger partial charge in [-0.05, 0) is 13.3 Å². The molecule has 0 bridgehead atoms. The molecule has 1 aliphatic heterocycles. The van der Waals surface area contributed by atoms with Crippen molar-refractivity contribution in [2.24, 2.45) is 10.2 Å². The average molecular weight is 112 g/mol. The topological polar surface area (TPSA) is 41.8 Å². The van der Waals surface area contributed by atoms with E-state index >= 15 is 0 Å². The molecule has 0 aromatic rings. The molecule has 3 heteroatoms. The summed E-state index contributed by atoms with van der Waals surface area (Å²) in [5.74, 6) is -0.0805. The van der Waals surface area contributed by atoms with E-state index in [2.05, 4.69) is 10.2 Å². The van der Waals surface area contributed by atoms with Crippen molar-refractivity contribution in [1.29, 1.82) is 0 Å². The zero-order chi connectivity index (χ0) is 5.98. The van der Waals surface area contributed by atoms with Gasteiger partial charge in [-0.2, -0.15) is 5.11 Å². The lowest BCUT2D eigenvalue weighted by Gasteiger charge is -2.05. The number of hydrogen-bond donors (Lipinski definition) is 0. The molecule has 8 heavy (non-hydrogen) atoms. The van der Waals surface area contributed by atoms with Crippen LogP contribution in [0.25, 0.3) is 0 Å².